The fourth-order valence-corrected chi connectivity index (χ4v) is 3.05. The van der Waals surface area contributed by atoms with Gasteiger partial charge in [-0.15, -0.1) is 0 Å². The summed E-state index contributed by atoms with van der Waals surface area (Å²) < 4.78 is 0. The topological polar surface area (TPSA) is 66.6 Å². The number of benzene rings is 2. The number of aliphatic carboxylic acids is 1. The molecule has 1 fully saturated rings. The van der Waals surface area contributed by atoms with Crippen LogP contribution in [0.3, 0.4) is 0 Å². The molecule has 1 aliphatic heterocycles. The van der Waals surface area contributed by atoms with Crippen LogP contribution in [-0.2, 0) is 4.79 Å². The number of likely N-dealkylation sites (tertiary alicyclic amines) is 1. The monoisotopic (exact) mass is 284 g/mol. The number of hydrogen-bond acceptors (Lipinski definition) is 3. The van der Waals surface area contributed by atoms with Gasteiger partial charge in [-0.1, -0.05) is 36.4 Å². The van der Waals surface area contributed by atoms with Crippen molar-refractivity contribution in [1.29, 1.82) is 0 Å². The quantitative estimate of drug-likeness (QED) is 0.908. The fraction of sp³-hybridized carbons (Fsp3) is 0.353. The van der Waals surface area contributed by atoms with E-state index in [1.807, 2.05) is 12.1 Å². The molecule has 0 radical (unpaired) electrons. The molecule has 2 aromatic rings. The number of carboxylic acid groups (broad SMARTS) is 1. The number of nitrogens with zero attached hydrogens (tertiary/aromatic N) is 1. The zero-order chi connectivity index (χ0) is 15.0. The first-order valence-corrected chi connectivity index (χ1v) is 7.25. The summed E-state index contributed by atoms with van der Waals surface area (Å²) >= 11 is 0. The Kier molecular flexibility index (Phi) is 3.43. The van der Waals surface area contributed by atoms with Crippen molar-refractivity contribution >= 4 is 16.7 Å². The van der Waals surface area contributed by atoms with E-state index in [0.717, 1.165) is 6.54 Å². The van der Waals surface area contributed by atoms with Gasteiger partial charge in [0.05, 0.1) is 0 Å². The van der Waals surface area contributed by atoms with Gasteiger partial charge in [0.2, 0.25) is 0 Å². The van der Waals surface area contributed by atoms with Gasteiger partial charge >= 0.3 is 5.97 Å². The molecule has 3 N–H and O–H groups in total. The van der Waals surface area contributed by atoms with E-state index in [2.05, 4.69) is 42.2 Å². The van der Waals surface area contributed by atoms with Gasteiger partial charge in [-0.25, -0.2) is 0 Å². The first-order chi connectivity index (χ1) is 9.99. The lowest BCUT2D eigenvalue weighted by Gasteiger charge is -2.26. The second-order valence-corrected chi connectivity index (χ2v) is 5.96. The molecule has 1 heterocycles. The van der Waals surface area contributed by atoms with Crippen molar-refractivity contribution in [1.82, 2.24) is 4.90 Å². The highest BCUT2D eigenvalue weighted by Gasteiger charge is 2.42. The minimum Gasteiger partial charge on any atom is -0.480 e. The van der Waals surface area contributed by atoms with Crippen molar-refractivity contribution in [2.45, 2.75) is 24.9 Å². The summed E-state index contributed by atoms with van der Waals surface area (Å²) in [6.07, 6.45) is 0.500. The molecule has 4 nitrogen and oxygen atoms in total. The van der Waals surface area contributed by atoms with Crippen LogP contribution in [-0.4, -0.2) is 34.6 Å². The second-order valence-electron chi connectivity index (χ2n) is 5.96. The van der Waals surface area contributed by atoms with Crippen molar-refractivity contribution in [3.05, 3.63) is 48.0 Å². The van der Waals surface area contributed by atoms with Crippen LogP contribution in [0.1, 0.15) is 24.9 Å². The Labute approximate surface area is 124 Å². The lowest BCUT2D eigenvalue weighted by molar-refractivity contribution is -0.142. The molecule has 110 valence electrons. The molecule has 0 amide bonds. The smallest absolute Gasteiger partial charge is 0.325 e. The zero-order valence-corrected chi connectivity index (χ0v) is 12.1. The lowest BCUT2D eigenvalue weighted by Crippen LogP contribution is -2.50. The highest BCUT2D eigenvalue weighted by Crippen LogP contribution is 2.30. The maximum atomic E-state index is 11.3. The van der Waals surface area contributed by atoms with E-state index < -0.39 is 11.5 Å². The van der Waals surface area contributed by atoms with Crippen LogP contribution >= 0.6 is 0 Å². The van der Waals surface area contributed by atoms with Gasteiger partial charge in [-0.3, -0.25) is 9.69 Å². The number of carbonyl (C=O) groups is 1. The zero-order valence-electron chi connectivity index (χ0n) is 12.1. The highest BCUT2D eigenvalue weighted by atomic mass is 16.4. The largest absolute Gasteiger partial charge is 0.480 e. The maximum Gasteiger partial charge on any atom is 0.325 e. The van der Waals surface area contributed by atoms with Gasteiger partial charge in [0.25, 0.3) is 0 Å². The normalized spacial score (nSPS) is 24.3. The minimum absolute atomic E-state index is 0.166. The predicted molar refractivity (Wildman–Crippen MR) is 83.1 cm³/mol. The van der Waals surface area contributed by atoms with E-state index in [1.165, 1.54) is 16.3 Å². The fourth-order valence-electron chi connectivity index (χ4n) is 3.05. The molecule has 0 aliphatic carbocycles. The van der Waals surface area contributed by atoms with Crippen molar-refractivity contribution in [3.63, 3.8) is 0 Å². The molecule has 2 aromatic carbocycles. The summed E-state index contributed by atoms with van der Waals surface area (Å²) in [5.41, 5.74) is 6.05. The van der Waals surface area contributed by atoms with Crippen LogP contribution in [0.15, 0.2) is 42.5 Å². The Hall–Kier alpha value is -1.91. The molecule has 1 aliphatic rings. The first kappa shape index (κ1) is 14.0. The second kappa shape index (κ2) is 5.13. The van der Waals surface area contributed by atoms with Crippen LogP contribution in [0.5, 0.6) is 0 Å². The molecule has 0 saturated carbocycles. The molecule has 0 aromatic heterocycles. The Morgan fingerprint density at radius 3 is 2.67 bits per heavy atom. The molecule has 3 rings (SSSR count). The van der Waals surface area contributed by atoms with E-state index >= 15 is 0 Å². The first-order valence-electron chi connectivity index (χ1n) is 7.25. The van der Waals surface area contributed by atoms with E-state index in [1.54, 1.807) is 0 Å². The third-order valence-electron chi connectivity index (χ3n) is 4.56. The van der Waals surface area contributed by atoms with Gasteiger partial charge in [-0.05, 0) is 35.7 Å². The SMILES string of the molecule is CC(c1ccc2ccccc2c1)N1CCC(N)(C(=O)O)C1. The Balaban J connectivity index is 1.84. The van der Waals surface area contributed by atoms with Gasteiger partial charge < -0.3 is 10.8 Å². The maximum absolute atomic E-state index is 11.3. The number of fused-ring (bicyclic) bond motifs is 1. The van der Waals surface area contributed by atoms with Crippen molar-refractivity contribution in [2.24, 2.45) is 5.73 Å². The Morgan fingerprint density at radius 2 is 2.00 bits per heavy atom. The third-order valence-corrected chi connectivity index (χ3v) is 4.56. The number of carboxylic acids is 1. The Bertz CT molecular complexity index is 685. The van der Waals surface area contributed by atoms with E-state index in [0.29, 0.717) is 13.0 Å². The van der Waals surface area contributed by atoms with Crippen LogP contribution < -0.4 is 5.73 Å². The summed E-state index contributed by atoms with van der Waals surface area (Å²) in [6, 6.07) is 14.8. The van der Waals surface area contributed by atoms with Crippen LogP contribution in [0, 0.1) is 0 Å². The summed E-state index contributed by atoms with van der Waals surface area (Å²) in [4.78, 5) is 13.4. The highest BCUT2D eigenvalue weighted by molar-refractivity contribution is 5.83. The van der Waals surface area contributed by atoms with Gasteiger partial charge in [-0.2, -0.15) is 0 Å². The number of nitrogens with two attached hydrogens (primary N) is 1. The molecule has 0 bridgehead atoms. The summed E-state index contributed by atoms with van der Waals surface area (Å²) in [6.45, 7) is 3.23. The molecule has 4 heteroatoms. The van der Waals surface area contributed by atoms with Gasteiger partial charge in [0.1, 0.15) is 5.54 Å². The predicted octanol–water partition coefficient (Wildman–Crippen LogP) is 2.39. The van der Waals surface area contributed by atoms with Gasteiger partial charge in [0.15, 0.2) is 0 Å². The Morgan fingerprint density at radius 1 is 1.29 bits per heavy atom. The molecule has 2 atom stereocenters. The van der Waals surface area contributed by atoms with Crippen LogP contribution in [0.4, 0.5) is 0 Å². The van der Waals surface area contributed by atoms with Crippen molar-refractivity contribution < 1.29 is 9.90 Å². The number of hydrogen-bond donors (Lipinski definition) is 2. The minimum atomic E-state index is -1.11. The molecule has 0 spiro atoms. The average Bonchev–Trinajstić information content (AvgIpc) is 2.90. The standard InChI is InChI=1S/C17H20N2O2/c1-12(19-9-8-17(18,11-19)16(20)21)14-7-6-13-4-2-3-5-15(13)10-14/h2-7,10,12H,8-9,11,18H2,1H3,(H,20,21). The van der Waals surface area contributed by atoms with E-state index in [4.69, 9.17) is 5.73 Å². The summed E-state index contributed by atoms with van der Waals surface area (Å²) in [5, 5.41) is 11.7. The third kappa shape index (κ3) is 2.52. The van der Waals surface area contributed by atoms with E-state index in [-0.39, 0.29) is 6.04 Å². The molecule has 2 unspecified atom stereocenters. The lowest BCUT2D eigenvalue weighted by atomic mass is 10.00. The number of rotatable bonds is 3. The van der Waals surface area contributed by atoms with Crippen molar-refractivity contribution in [2.75, 3.05) is 13.1 Å². The average molecular weight is 284 g/mol. The molecule has 21 heavy (non-hydrogen) atoms. The van der Waals surface area contributed by atoms with Crippen LogP contribution in [0.25, 0.3) is 10.8 Å². The van der Waals surface area contributed by atoms with Crippen LogP contribution in [0.2, 0.25) is 0 Å². The summed E-state index contributed by atoms with van der Waals surface area (Å²) in [5.74, 6) is -0.907. The van der Waals surface area contributed by atoms with Gasteiger partial charge in [0, 0.05) is 19.1 Å². The van der Waals surface area contributed by atoms with E-state index in [9.17, 15) is 9.90 Å². The van der Waals surface area contributed by atoms with Crippen molar-refractivity contribution in [3.8, 4) is 0 Å². The molecular weight excluding hydrogens is 264 g/mol. The molecule has 1 saturated heterocycles. The molecular formula is C17H20N2O2. The summed E-state index contributed by atoms with van der Waals surface area (Å²) in [7, 11) is 0.